The Morgan fingerprint density at radius 2 is 2.38 bits per heavy atom. The van der Waals surface area contributed by atoms with Crippen LogP contribution in [0.15, 0.2) is 21.1 Å². The van der Waals surface area contributed by atoms with Crippen LogP contribution in [0.1, 0.15) is 11.8 Å². The Kier molecular flexibility index (Phi) is 5.24. The monoisotopic (exact) mass is 305 g/mol. The van der Waals surface area contributed by atoms with Gasteiger partial charge in [-0.3, -0.25) is 0 Å². The molecule has 90 valence electrons. The lowest BCUT2D eigenvalue weighted by atomic mass is 10.1. The van der Waals surface area contributed by atoms with Gasteiger partial charge in [0.2, 0.25) is 0 Å². The molecular formula is C10H16BrN3OS. The second-order valence-corrected chi connectivity index (χ2v) is 6.38. The maximum absolute atomic E-state index is 8.55. The number of halogens is 1. The van der Waals surface area contributed by atoms with Gasteiger partial charge in [0.05, 0.1) is 3.79 Å². The summed E-state index contributed by atoms with van der Waals surface area (Å²) in [6.45, 7) is 3.58. The van der Waals surface area contributed by atoms with Crippen LogP contribution in [0.5, 0.6) is 0 Å². The van der Waals surface area contributed by atoms with Gasteiger partial charge in [0, 0.05) is 23.9 Å². The van der Waals surface area contributed by atoms with E-state index in [2.05, 4.69) is 32.1 Å². The van der Waals surface area contributed by atoms with E-state index in [-0.39, 0.29) is 11.8 Å². The van der Waals surface area contributed by atoms with Crippen LogP contribution in [-0.4, -0.2) is 29.5 Å². The van der Waals surface area contributed by atoms with Gasteiger partial charge in [0.1, 0.15) is 5.84 Å². The fraction of sp³-hybridized carbons (Fsp3) is 0.500. The van der Waals surface area contributed by atoms with Gasteiger partial charge in [-0.05, 0) is 35.1 Å². The Morgan fingerprint density at radius 3 is 2.88 bits per heavy atom. The van der Waals surface area contributed by atoms with E-state index in [0.717, 1.165) is 16.9 Å². The zero-order valence-electron chi connectivity index (χ0n) is 9.35. The predicted molar refractivity (Wildman–Crippen MR) is 70.9 cm³/mol. The average Bonchev–Trinajstić information content (AvgIpc) is 2.62. The number of amidine groups is 1. The molecule has 0 saturated carbocycles. The van der Waals surface area contributed by atoms with E-state index in [4.69, 9.17) is 10.9 Å². The fourth-order valence-corrected chi connectivity index (χ4v) is 2.99. The second-order valence-electron chi connectivity index (χ2n) is 3.83. The molecule has 0 aromatic carbocycles. The Bertz CT molecular complexity index is 367. The summed E-state index contributed by atoms with van der Waals surface area (Å²) < 4.78 is 1.14. The molecule has 0 amide bonds. The molecule has 1 rings (SSSR count). The van der Waals surface area contributed by atoms with E-state index in [9.17, 15) is 0 Å². The maximum atomic E-state index is 8.55. The molecule has 3 N–H and O–H groups in total. The Morgan fingerprint density at radius 1 is 1.69 bits per heavy atom. The van der Waals surface area contributed by atoms with Crippen LogP contribution in [0.25, 0.3) is 0 Å². The first-order valence-electron chi connectivity index (χ1n) is 4.93. The number of thiophene rings is 1. The molecule has 4 nitrogen and oxygen atoms in total. The number of nitrogens with two attached hydrogens (primary N) is 1. The van der Waals surface area contributed by atoms with Crippen molar-refractivity contribution in [3.8, 4) is 0 Å². The summed E-state index contributed by atoms with van der Waals surface area (Å²) in [5.41, 5.74) is 5.53. The molecular weight excluding hydrogens is 290 g/mol. The molecule has 16 heavy (non-hydrogen) atoms. The molecule has 0 radical (unpaired) electrons. The highest BCUT2D eigenvalue weighted by atomic mass is 79.9. The molecule has 0 saturated heterocycles. The topological polar surface area (TPSA) is 61.8 Å². The van der Waals surface area contributed by atoms with E-state index in [1.165, 1.54) is 4.88 Å². The molecule has 1 heterocycles. The van der Waals surface area contributed by atoms with Crippen molar-refractivity contribution in [1.82, 2.24) is 4.90 Å². The van der Waals surface area contributed by atoms with E-state index in [0.29, 0.717) is 0 Å². The van der Waals surface area contributed by atoms with Gasteiger partial charge in [-0.25, -0.2) is 0 Å². The lowest BCUT2D eigenvalue weighted by Crippen LogP contribution is -2.32. The smallest absolute Gasteiger partial charge is 0.143 e. The summed E-state index contributed by atoms with van der Waals surface area (Å²) in [5.74, 6) is 0.331. The Labute approximate surface area is 108 Å². The van der Waals surface area contributed by atoms with Crippen molar-refractivity contribution < 1.29 is 5.21 Å². The van der Waals surface area contributed by atoms with Gasteiger partial charge in [-0.15, -0.1) is 11.3 Å². The van der Waals surface area contributed by atoms with E-state index in [1.807, 2.05) is 20.0 Å². The molecule has 0 aliphatic carbocycles. The van der Waals surface area contributed by atoms with Crippen LogP contribution < -0.4 is 5.73 Å². The van der Waals surface area contributed by atoms with Crippen LogP contribution in [0.4, 0.5) is 0 Å². The molecule has 0 aliphatic rings. The number of hydrogen-bond acceptors (Lipinski definition) is 4. The molecule has 1 unspecified atom stereocenters. The molecule has 1 aromatic heterocycles. The lowest BCUT2D eigenvalue weighted by molar-refractivity contribution is 0.292. The summed E-state index contributed by atoms with van der Waals surface area (Å²) in [7, 11) is 2.02. The minimum atomic E-state index is 0.0541. The highest BCUT2D eigenvalue weighted by Crippen LogP contribution is 2.23. The molecule has 6 heteroatoms. The third-order valence-corrected chi connectivity index (χ3v) is 3.87. The number of oxime groups is 1. The van der Waals surface area contributed by atoms with Crippen LogP contribution in [0.2, 0.25) is 0 Å². The van der Waals surface area contributed by atoms with Crippen molar-refractivity contribution in [2.24, 2.45) is 16.8 Å². The summed E-state index contributed by atoms with van der Waals surface area (Å²) in [6, 6.07) is 4.14. The van der Waals surface area contributed by atoms with Crippen LogP contribution in [0.3, 0.4) is 0 Å². The Balaban J connectivity index is 2.44. The van der Waals surface area contributed by atoms with E-state index in [1.54, 1.807) is 11.3 Å². The van der Waals surface area contributed by atoms with Crippen LogP contribution >= 0.6 is 27.3 Å². The maximum Gasteiger partial charge on any atom is 0.143 e. The number of rotatable bonds is 5. The third-order valence-electron chi connectivity index (χ3n) is 2.26. The summed E-state index contributed by atoms with van der Waals surface area (Å²) in [4.78, 5) is 3.45. The van der Waals surface area contributed by atoms with Gasteiger partial charge < -0.3 is 15.8 Å². The van der Waals surface area contributed by atoms with Crippen molar-refractivity contribution in [3.63, 3.8) is 0 Å². The zero-order valence-corrected chi connectivity index (χ0v) is 11.8. The lowest BCUT2D eigenvalue weighted by Gasteiger charge is -2.19. The summed E-state index contributed by atoms with van der Waals surface area (Å²) >= 11 is 5.16. The third kappa shape index (κ3) is 4.11. The van der Waals surface area contributed by atoms with E-state index >= 15 is 0 Å². The van der Waals surface area contributed by atoms with Gasteiger partial charge in [-0.1, -0.05) is 12.1 Å². The van der Waals surface area contributed by atoms with Crippen LogP contribution in [0, 0.1) is 5.92 Å². The molecule has 1 aromatic rings. The first kappa shape index (κ1) is 13.5. The standard InChI is InChI=1S/C10H16BrN3OS/c1-7(10(12)13-15)5-14(2)6-8-3-4-9(11)16-8/h3-4,7,15H,5-6H2,1-2H3,(H2,12,13). The quantitative estimate of drug-likeness (QED) is 0.380. The minimum Gasteiger partial charge on any atom is -0.409 e. The van der Waals surface area contributed by atoms with E-state index < -0.39 is 0 Å². The fourth-order valence-electron chi connectivity index (χ4n) is 1.43. The second kappa shape index (κ2) is 6.22. The minimum absolute atomic E-state index is 0.0541. The van der Waals surface area contributed by atoms with Crippen molar-refractivity contribution in [2.75, 3.05) is 13.6 Å². The van der Waals surface area contributed by atoms with Crippen molar-refractivity contribution in [1.29, 1.82) is 0 Å². The molecule has 0 bridgehead atoms. The number of nitrogens with zero attached hydrogens (tertiary/aromatic N) is 2. The normalized spacial score (nSPS) is 14.4. The molecule has 0 spiro atoms. The molecule has 1 atom stereocenters. The van der Waals surface area contributed by atoms with Gasteiger partial charge >= 0.3 is 0 Å². The summed E-state index contributed by atoms with van der Waals surface area (Å²) in [5, 5.41) is 11.6. The van der Waals surface area contributed by atoms with Gasteiger partial charge in [0.15, 0.2) is 0 Å². The van der Waals surface area contributed by atoms with Crippen LogP contribution in [-0.2, 0) is 6.54 Å². The molecule has 0 aliphatic heterocycles. The number of hydrogen-bond donors (Lipinski definition) is 2. The highest BCUT2D eigenvalue weighted by molar-refractivity contribution is 9.11. The highest BCUT2D eigenvalue weighted by Gasteiger charge is 2.11. The average molecular weight is 306 g/mol. The molecule has 0 fully saturated rings. The van der Waals surface area contributed by atoms with Gasteiger partial charge in [0.25, 0.3) is 0 Å². The van der Waals surface area contributed by atoms with Gasteiger partial charge in [-0.2, -0.15) is 0 Å². The van der Waals surface area contributed by atoms with Crippen molar-refractivity contribution in [2.45, 2.75) is 13.5 Å². The van der Waals surface area contributed by atoms with Crippen molar-refractivity contribution in [3.05, 3.63) is 20.8 Å². The predicted octanol–water partition coefficient (Wildman–Crippen LogP) is 2.32. The van der Waals surface area contributed by atoms with Crippen molar-refractivity contribution >= 4 is 33.1 Å². The first-order valence-corrected chi connectivity index (χ1v) is 6.54. The summed E-state index contributed by atoms with van der Waals surface area (Å²) in [6.07, 6.45) is 0. The zero-order chi connectivity index (χ0) is 12.1. The first-order chi connectivity index (χ1) is 7.52. The largest absolute Gasteiger partial charge is 0.409 e. The Hall–Kier alpha value is -0.590. The SMILES string of the molecule is CC(CN(C)Cc1ccc(Br)s1)C(N)=NO.